The van der Waals surface area contributed by atoms with Crippen molar-refractivity contribution in [1.82, 2.24) is 16.0 Å². The smallest absolute Gasteiger partial charge is 0.326 e. The van der Waals surface area contributed by atoms with Gasteiger partial charge in [-0.3, -0.25) is 14.4 Å². The van der Waals surface area contributed by atoms with Gasteiger partial charge in [-0.1, -0.05) is 86.6 Å². The first kappa shape index (κ1) is 31.8. The van der Waals surface area contributed by atoms with Crippen molar-refractivity contribution in [2.24, 2.45) is 11.7 Å². The molecule has 7 N–H and O–H groups in total. The number of phenols is 1. The predicted molar refractivity (Wildman–Crippen MR) is 158 cm³/mol. The first-order chi connectivity index (χ1) is 20.0. The number of rotatable bonds is 14. The van der Waals surface area contributed by atoms with Gasteiger partial charge < -0.3 is 31.9 Å². The van der Waals surface area contributed by atoms with Gasteiger partial charge in [0.1, 0.15) is 23.9 Å². The van der Waals surface area contributed by atoms with Gasteiger partial charge in [0.15, 0.2) is 0 Å². The zero-order valence-corrected chi connectivity index (χ0v) is 23.7. The molecule has 0 saturated heterocycles. The lowest BCUT2D eigenvalue weighted by Crippen LogP contribution is -2.59. The van der Waals surface area contributed by atoms with Crippen LogP contribution in [0.25, 0.3) is 0 Å². The van der Waals surface area contributed by atoms with Crippen LogP contribution in [-0.2, 0) is 38.4 Å². The van der Waals surface area contributed by atoms with Crippen molar-refractivity contribution in [3.8, 4) is 5.75 Å². The van der Waals surface area contributed by atoms with Crippen LogP contribution < -0.4 is 21.7 Å². The third-order valence-electron chi connectivity index (χ3n) is 6.79. The van der Waals surface area contributed by atoms with Gasteiger partial charge in [-0.2, -0.15) is 0 Å². The van der Waals surface area contributed by atoms with E-state index in [2.05, 4.69) is 16.0 Å². The molecule has 0 heterocycles. The van der Waals surface area contributed by atoms with Crippen molar-refractivity contribution in [2.75, 3.05) is 0 Å². The van der Waals surface area contributed by atoms with Crippen LogP contribution >= 0.6 is 0 Å². The lowest BCUT2D eigenvalue weighted by atomic mass is 9.99. The molecule has 0 bridgehead atoms. The highest BCUT2D eigenvalue weighted by Crippen LogP contribution is 2.13. The van der Waals surface area contributed by atoms with E-state index in [1.165, 1.54) is 12.1 Å². The average molecular weight is 575 g/mol. The molecular weight excluding hydrogens is 536 g/mol. The van der Waals surface area contributed by atoms with Crippen LogP contribution in [0.2, 0.25) is 0 Å². The summed E-state index contributed by atoms with van der Waals surface area (Å²) in [6.07, 6.45) is 0.344. The van der Waals surface area contributed by atoms with Gasteiger partial charge in [0.05, 0.1) is 6.04 Å². The molecule has 3 aromatic carbocycles. The van der Waals surface area contributed by atoms with E-state index < -0.39 is 47.9 Å². The molecular formula is C32H38N4O6. The molecule has 222 valence electrons. The Morgan fingerprint density at radius 3 is 1.64 bits per heavy atom. The normalized spacial score (nSPS) is 13.8. The summed E-state index contributed by atoms with van der Waals surface area (Å²) in [4.78, 5) is 51.8. The van der Waals surface area contributed by atoms with E-state index in [4.69, 9.17) is 5.73 Å². The first-order valence-corrected chi connectivity index (χ1v) is 13.8. The zero-order chi connectivity index (χ0) is 30.6. The van der Waals surface area contributed by atoms with E-state index in [1.54, 1.807) is 56.3 Å². The van der Waals surface area contributed by atoms with Crippen molar-refractivity contribution in [2.45, 2.75) is 57.3 Å². The highest BCUT2D eigenvalue weighted by molar-refractivity contribution is 5.94. The first-order valence-electron chi connectivity index (χ1n) is 13.8. The highest BCUT2D eigenvalue weighted by atomic mass is 16.4. The Hall–Kier alpha value is -4.70. The van der Waals surface area contributed by atoms with Gasteiger partial charge in [0.25, 0.3) is 0 Å². The number of carboxylic acids is 1. The molecule has 0 radical (unpaired) electrons. The number of hydrogen-bond donors (Lipinski definition) is 6. The number of aliphatic carboxylic acids is 1. The number of amides is 3. The van der Waals surface area contributed by atoms with Gasteiger partial charge in [0, 0.05) is 12.8 Å². The fourth-order valence-corrected chi connectivity index (χ4v) is 4.42. The number of nitrogens with one attached hydrogen (secondary N) is 3. The molecule has 0 aliphatic carbocycles. The van der Waals surface area contributed by atoms with E-state index >= 15 is 0 Å². The zero-order valence-electron chi connectivity index (χ0n) is 23.7. The monoisotopic (exact) mass is 574 g/mol. The second-order valence-electron chi connectivity index (χ2n) is 10.5. The van der Waals surface area contributed by atoms with Crippen molar-refractivity contribution in [1.29, 1.82) is 0 Å². The number of benzene rings is 3. The fraction of sp³-hybridized carbons (Fsp3) is 0.312. The molecule has 10 heteroatoms. The molecule has 3 aromatic rings. The van der Waals surface area contributed by atoms with Crippen molar-refractivity contribution in [3.05, 3.63) is 102 Å². The van der Waals surface area contributed by atoms with Gasteiger partial charge in [0.2, 0.25) is 17.7 Å². The molecule has 4 unspecified atom stereocenters. The van der Waals surface area contributed by atoms with Gasteiger partial charge in [-0.25, -0.2) is 4.79 Å². The van der Waals surface area contributed by atoms with Crippen LogP contribution in [-0.4, -0.2) is 58.1 Å². The number of nitrogens with two attached hydrogens (primary N) is 1. The number of hydrogen-bond acceptors (Lipinski definition) is 6. The maximum atomic E-state index is 13.5. The Kier molecular flexibility index (Phi) is 11.6. The molecule has 0 saturated carbocycles. The highest BCUT2D eigenvalue weighted by Gasteiger charge is 2.32. The summed E-state index contributed by atoms with van der Waals surface area (Å²) >= 11 is 0. The second kappa shape index (κ2) is 15.3. The summed E-state index contributed by atoms with van der Waals surface area (Å²) in [5.74, 6) is -3.36. The van der Waals surface area contributed by atoms with E-state index in [0.717, 1.165) is 11.1 Å². The molecule has 0 spiro atoms. The molecule has 3 amide bonds. The van der Waals surface area contributed by atoms with Crippen LogP contribution in [0, 0.1) is 5.92 Å². The summed E-state index contributed by atoms with van der Waals surface area (Å²) in [6, 6.07) is 19.9. The van der Waals surface area contributed by atoms with Gasteiger partial charge in [-0.05, 0) is 41.2 Å². The molecule has 10 nitrogen and oxygen atoms in total. The molecule has 0 aliphatic heterocycles. The SMILES string of the molecule is CC(C)C(NC(=O)C(N)Cc1ccccc1)C(=O)NC(Cc1ccc(O)cc1)C(=O)NC(Cc1ccccc1)C(=O)O. The summed E-state index contributed by atoms with van der Waals surface area (Å²) in [7, 11) is 0. The lowest BCUT2D eigenvalue weighted by molar-refractivity contribution is -0.142. The Labute approximate surface area is 245 Å². The summed E-state index contributed by atoms with van der Waals surface area (Å²) in [5, 5.41) is 27.4. The number of aromatic hydroxyl groups is 1. The second-order valence-corrected chi connectivity index (χ2v) is 10.5. The fourth-order valence-electron chi connectivity index (χ4n) is 4.42. The molecule has 4 atom stereocenters. The van der Waals surface area contributed by atoms with E-state index in [0.29, 0.717) is 5.56 Å². The third kappa shape index (κ3) is 9.74. The molecule has 3 rings (SSSR count). The topological polar surface area (TPSA) is 171 Å². The lowest BCUT2D eigenvalue weighted by Gasteiger charge is -2.27. The summed E-state index contributed by atoms with van der Waals surface area (Å²) < 4.78 is 0. The number of carboxylic acid groups (broad SMARTS) is 1. The minimum atomic E-state index is -1.24. The molecule has 0 fully saturated rings. The van der Waals surface area contributed by atoms with Crippen LogP contribution in [0.1, 0.15) is 30.5 Å². The Balaban J connectivity index is 1.76. The van der Waals surface area contributed by atoms with Crippen LogP contribution in [0.4, 0.5) is 0 Å². The van der Waals surface area contributed by atoms with Crippen LogP contribution in [0.5, 0.6) is 5.75 Å². The standard InChI is InChI=1S/C32H38N4O6/c1-20(2)28(36-29(38)25(33)17-21-9-5-3-6-10-21)31(40)34-26(18-23-13-15-24(37)16-14-23)30(39)35-27(32(41)42)19-22-11-7-4-8-12-22/h3-16,20,25-28,37H,17-19,33H2,1-2H3,(H,34,40)(H,35,39)(H,36,38)(H,41,42). The Morgan fingerprint density at radius 2 is 1.12 bits per heavy atom. The quantitative estimate of drug-likeness (QED) is 0.171. The average Bonchev–Trinajstić information content (AvgIpc) is 2.96. The van der Waals surface area contributed by atoms with Gasteiger partial charge >= 0.3 is 5.97 Å². The summed E-state index contributed by atoms with van der Waals surface area (Å²) in [5.41, 5.74) is 8.34. The number of phenolic OH excluding ortho intramolecular Hbond substituents is 1. The largest absolute Gasteiger partial charge is 0.508 e. The van der Waals surface area contributed by atoms with Crippen molar-refractivity contribution < 1.29 is 29.4 Å². The van der Waals surface area contributed by atoms with Crippen molar-refractivity contribution >= 4 is 23.7 Å². The van der Waals surface area contributed by atoms with E-state index in [9.17, 15) is 29.4 Å². The van der Waals surface area contributed by atoms with Crippen LogP contribution in [0.3, 0.4) is 0 Å². The maximum Gasteiger partial charge on any atom is 0.326 e. The Morgan fingerprint density at radius 1 is 0.643 bits per heavy atom. The molecule has 42 heavy (non-hydrogen) atoms. The summed E-state index contributed by atoms with van der Waals surface area (Å²) in [6.45, 7) is 3.51. The molecule has 0 aromatic heterocycles. The van der Waals surface area contributed by atoms with Crippen molar-refractivity contribution in [3.63, 3.8) is 0 Å². The Bertz CT molecular complexity index is 1330. The number of carbonyl (C=O) groups is 4. The van der Waals surface area contributed by atoms with E-state index in [-0.39, 0.29) is 30.9 Å². The predicted octanol–water partition coefficient (Wildman–Crippen LogP) is 1.94. The minimum Gasteiger partial charge on any atom is -0.508 e. The van der Waals surface area contributed by atoms with Gasteiger partial charge in [-0.15, -0.1) is 0 Å². The number of carbonyl (C=O) groups excluding carboxylic acids is 3. The van der Waals surface area contributed by atoms with E-state index in [1.807, 2.05) is 30.3 Å². The van der Waals surface area contributed by atoms with Crippen LogP contribution in [0.15, 0.2) is 84.9 Å². The third-order valence-corrected chi connectivity index (χ3v) is 6.79. The molecule has 0 aliphatic rings. The maximum absolute atomic E-state index is 13.5. The minimum absolute atomic E-state index is 0.0157.